The molecular formula is C28H32F5N5OS2. The molecular weight excluding hydrogens is 581 g/mol. The molecule has 1 amide bonds. The minimum absolute atomic E-state index is 0.0418. The van der Waals surface area contributed by atoms with Gasteiger partial charge in [-0.1, -0.05) is 18.7 Å². The van der Waals surface area contributed by atoms with E-state index in [0.717, 1.165) is 47.3 Å². The van der Waals surface area contributed by atoms with Gasteiger partial charge in [-0.2, -0.15) is 22.0 Å². The summed E-state index contributed by atoms with van der Waals surface area (Å²) in [6, 6.07) is 5.58. The number of amides is 1. The zero-order chi connectivity index (χ0) is 29.2. The number of thioether (sulfide) groups is 1. The molecule has 41 heavy (non-hydrogen) atoms. The molecule has 0 radical (unpaired) electrons. The molecule has 0 aliphatic carbocycles. The average Bonchev–Trinajstić information content (AvgIpc) is 3.32. The van der Waals surface area contributed by atoms with Crippen LogP contribution >= 0.6 is 23.1 Å². The largest absolute Gasteiger partial charge is 0.401 e. The van der Waals surface area contributed by atoms with E-state index in [1.807, 2.05) is 17.0 Å². The third-order valence-corrected chi connectivity index (χ3v) is 9.67. The smallest absolute Gasteiger partial charge is 0.339 e. The van der Waals surface area contributed by atoms with Gasteiger partial charge in [-0.05, 0) is 61.6 Å². The molecule has 1 spiro atoms. The summed E-state index contributed by atoms with van der Waals surface area (Å²) in [4.78, 5) is 29.9. The van der Waals surface area contributed by atoms with Gasteiger partial charge < -0.3 is 4.90 Å². The summed E-state index contributed by atoms with van der Waals surface area (Å²) in [6.07, 6.45) is 3.47. The van der Waals surface area contributed by atoms with Crippen LogP contribution in [0.3, 0.4) is 0 Å². The predicted molar refractivity (Wildman–Crippen MR) is 149 cm³/mol. The number of aryl methyl sites for hydroxylation is 2. The van der Waals surface area contributed by atoms with E-state index in [0.29, 0.717) is 66.6 Å². The zero-order valence-corrected chi connectivity index (χ0v) is 24.3. The maximum absolute atomic E-state index is 13.2. The number of thiazole rings is 1. The van der Waals surface area contributed by atoms with Gasteiger partial charge >= 0.3 is 6.18 Å². The van der Waals surface area contributed by atoms with Crippen LogP contribution < -0.4 is 0 Å². The number of carbonyl (C=O) groups is 1. The van der Waals surface area contributed by atoms with Crippen LogP contribution in [0.4, 0.5) is 22.0 Å². The number of carbonyl (C=O) groups excluding carboxylic acids is 1. The van der Waals surface area contributed by atoms with Gasteiger partial charge in [0, 0.05) is 55.5 Å². The number of nitrogens with zero attached hydrogens (tertiary/aromatic N) is 5. The molecule has 222 valence electrons. The van der Waals surface area contributed by atoms with Gasteiger partial charge in [-0.25, -0.2) is 15.0 Å². The highest BCUT2D eigenvalue weighted by molar-refractivity contribution is 7.99. The third-order valence-electron chi connectivity index (χ3n) is 7.93. The number of likely N-dealkylation sites (tertiary alicyclic amines) is 2. The fourth-order valence-electron chi connectivity index (χ4n) is 5.69. The van der Waals surface area contributed by atoms with Crippen molar-refractivity contribution in [1.82, 2.24) is 24.8 Å². The first-order chi connectivity index (χ1) is 19.5. The summed E-state index contributed by atoms with van der Waals surface area (Å²) in [5, 5.41) is 1.01. The minimum Gasteiger partial charge on any atom is -0.339 e. The lowest BCUT2D eigenvalue weighted by Gasteiger charge is -2.54. The Morgan fingerprint density at radius 1 is 1.10 bits per heavy atom. The van der Waals surface area contributed by atoms with Crippen LogP contribution in [0.25, 0.3) is 10.2 Å². The monoisotopic (exact) mass is 613 g/mol. The number of benzene rings is 1. The number of piperidine rings is 1. The summed E-state index contributed by atoms with van der Waals surface area (Å²) in [5.41, 5.74) is 1.38. The van der Waals surface area contributed by atoms with Crippen LogP contribution in [0, 0.1) is 11.3 Å². The fourth-order valence-corrected chi connectivity index (χ4v) is 7.14. The van der Waals surface area contributed by atoms with Crippen molar-refractivity contribution < 1.29 is 26.7 Å². The molecule has 2 aliphatic heterocycles. The maximum atomic E-state index is 13.2. The van der Waals surface area contributed by atoms with Gasteiger partial charge in [-0.3, -0.25) is 9.69 Å². The number of halogens is 5. The summed E-state index contributed by atoms with van der Waals surface area (Å²) < 4.78 is 63.8. The fraction of sp³-hybridized carbons (Fsp3) is 0.571. The first kappa shape index (κ1) is 30.1. The molecule has 0 bridgehead atoms. The van der Waals surface area contributed by atoms with Crippen molar-refractivity contribution in [2.45, 2.75) is 62.3 Å². The van der Waals surface area contributed by atoms with Crippen LogP contribution in [0.5, 0.6) is 0 Å². The SMILES string of the molecule is C[C@@H](CCc1ncc(SC(F)F)cn1)CCc1nc2ccc(C(=O)N3CCC4(CC3)CN(CC(F)(F)F)C4)cc2s1. The van der Waals surface area contributed by atoms with E-state index >= 15 is 0 Å². The molecule has 13 heteroatoms. The summed E-state index contributed by atoms with van der Waals surface area (Å²) in [7, 11) is 0. The normalized spacial score (nSPS) is 18.3. The lowest BCUT2D eigenvalue weighted by molar-refractivity contribution is -0.173. The van der Waals surface area contributed by atoms with E-state index in [1.165, 1.54) is 17.3 Å². The molecule has 0 N–H and O–H groups in total. The highest BCUT2D eigenvalue weighted by Gasteiger charge is 2.48. The Labute approximate surface area is 243 Å². The Morgan fingerprint density at radius 3 is 2.44 bits per heavy atom. The van der Waals surface area contributed by atoms with E-state index in [1.54, 1.807) is 17.4 Å². The van der Waals surface area contributed by atoms with Gasteiger partial charge in [0.1, 0.15) is 5.82 Å². The molecule has 2 aromatic heterocycles. The Morgan fingerprint density at radius 2 is 1.78 bits per heavy atom. The molecule has 4 heterocycles. The van der Waals surface area contributed by atoms with E-state index in [9.17, 15) is 26.7 Å². The van der Waals surface area contributed by atoms with Gasteiger partial charge in [0.05, 0.1) is 21.8 Å². The number of rotatable bonds is 10. The number of aromatic nitrogens is 3. The third kappa shape index (κ3) is 7.92. The van der Waals surface area contributed by atoms with Gasteiger partial charge in [0.25, 0.3) is 11.7 Å². The molecule has 2 saturated heterocycles. The van der Waals surface area contributed by atoms with Gasteiger partial charge in [0.15, 0.2) is 0 Å². The first-order valence-corrected chi connectivity index (χ1v) is 15.4. The van der Waals surface area contributed by atoms with Crippen LogP contribution in [0.15, 0.2) is 35.5 Å². The summed E-state index contributed by atoms with van der Waals surface area (Å²) >= 11 is 2.02. The average molecular weight is 614 g/mol. The van der Waals surface area contributed by atoms with Crippen molar-refractivity contribution in [2.24, 2.45) is 11.3 Å². The van der Waals surface area contributed by atoms with Gasteiger partial charge in [0.2, 0.25) is 0 Å². The number of fused-ring (bicyclic) bond motifs is 1. The highest BCUT2D eigenvalue weighted by Crippen LogP contribution is 2.41. The van der Waals surface area contributed by atoms with E-state index in [-0.39, 0.29) is 11.3 Å². The maximum Gasteiger partial charge on any atom is 0.401 e. The number of hydrogen-bond donors (Lipinski definition) is 0. The molecule has 2 fully saturated rings. The molecule has 1 atom stereocenters. The van der Waals surface area contributed by atoms with Crippen molar-refractivity contribution in [3.63, 3.8) is 0 Å². The second-order valence-corrected chi connectivity index (χ2v) is 13.4. The lowest BCUT2D eigenvalue weighted by Crippen LogP contribution is -2.62. The van der Waals surface area contributed by atoms with Crippen molar-refractivity contribution in [3.05, 3.63) is 47.0 Å². The van der Waals surface area contributed by atoms with Crippen LogP contribution in [-0.4, -0.2) is 75.3 Å². The van der Waals surface area contributed by atoms with Crippen LogP contribution in [-0.2, 0) is 12.8 Å². The van der Waals surface area contributed by atoms with Gasteiger partial charge in [-0.15, -0.1) is 11.3 Å². The Bertz CT molecular complexity index is 1330. The van der Waals surface area contributed by atoms with E-state index in [2.05, 4.69) is 16.9 Å². The molecule has 5 rings (SSSR count). The summed E-state index contributed by atoms with van der Waals surface area (Å²) in [5.74, 6) is -1.48. The highest BCUT2D eigenvalue weighted by atomic mass is 32.2. The molecule has 2 aliphatic rings. The van der Waals surface area contributed by atoms with E-state index in [4.69, 9.17) is 4.98 Å². The Hall–Kier alpha value is -2.38. The first-order valence-electron chi connectivity index (χ1n) is 13.7. The second-order valence-electron chi connectivity index (χ2n) is 11.2. The number of alkyl halides is 5. The Balaban J connectivity index is 1.08. The van der Waals surface area contributed by atoms with Crippen LogP contribution in [0.2, 0.25) is 0 Å². The quantitative estimate of drug-likeness (QED) is 0.187. The minimum atomic E-state index is -4.17. The number of hydrogen-bond acceptors (Lipinski definition) is 7. The van der Waals surface area contributed by atoms with Crippen molar-refractivity contribution in [2.75, 3.05) is 32.7 Å². The van der Waals surface area contributed by atoms with Crippen LogP contribution in [0.1, 0.15) is 53.8 Å². The molecule has 1 aromatic carbocycles. The van der Waals surface area contributed by atoms with Crippen molar-refractivity contribution in [1.29, 1.82) is 0 Å². The van der Waals surface area contributed by atoms with Crippen molar-refractivity contribution >= 4 is 39.2 Å². The topological polar surface area (TPSA) is 62.2 Å². The van der Waals surface area contributed by atoms with E-state index < -0.39 is 18.5 Å². The Kier molecular flexibility index (Phi) is 9.15. The standard InChI is InChI=1S/C28H32F5N5OS2/c1-18(2-6-23-34-13-20(14-35-23)40-26(29)30)3-7-24-36-21-5-4-19(12-22(21)41-24)25(39)38-10-8-27(9-11-38)15-37(16-27)17-28(31,32)33/h4-5,12-14,18,26H,2-3,6-11,15-17H2,1H3/t18-/m0/s1. The summed E-state index contributed by atoms with van der Waals surface area (Å²) in [6.45, 7) is 3.33. The second kappa shape index (κ2) is 12.5. The predicted octanol–water partition coefficient (Wildman–Crippen LogP) is 6.70. The molecule has 0 unspecified atom stereocenters. The van der Waals surface area contributed by atoms with Crippen molar-refractivity contribution in [3.8, 4) is 0 Å². The lowest BCUT2D eigenvalue weighted by atomic mass is 9.72. The molecule has 0 saturated carbocycles. The zero-order valence-electron chi connectivity index (χ0n) is 22.7. The molecule has 3 aromatic rings. The molecule has 6 nitrogen and oxygen atoms in total.